The van der Waals surface area contributed by atoms with E-state index in [1.54, 1.807) is 6.07 Å². The van der Waals surface area contributed by atoms with Crippen molar-refractivity contribution in [1.29, 1.82) is 0 Å². The molecule has 2 aromatic rings. The van der Waals surface area contributed by atoms with Crippen LogP contribution in [0.15, 0.2) is 18.2 Å². The molecular weight excluding hydrogens is 215 g/mol. The van der Waals surface area contributed by atoms with E-state index < -0.39 is 0 Å². The van der Waals surface area contributed by atoms with Crippen LogP contribution in [0.2, 0.25) is 0 Å². The van der Waals surface area contributed by atoms with Crippen LogP contribution in [0.25, 0.3) is 10.9 Å². The summed E-state index contributed by atoms with van der Waals surface area (Å²) in [5.41, 5.74) is 2.83. The molecule has 0 radical (unpaired) electrons. The molecule has 0 aliphatic heterocycles. The van der Waals surface area contributed by atoms with Crippen LogP contribution >= 0.6 is 0 Å². The van der Waals surface area contributed by atoms with Crippen molar-refractivity contribution in [3.8, 4) is 0 Å². The molecule has 0 aliphatic rings. The highest BCUT2D eigenvalue weighted by Crippen LogP contribution is 2.24. The number of pyridine rings is 1. The maximum Gasteiger partial charge on any atom is 0.129 e. The molecule has 17 heavy (non-hydrogen) atoms. The average Bonchev–Trinajstić information content (AvgIpc) is 2.28. The molecule has 0 fully saturated rings. The molecule has 1 aromatic heterocycles. The van der Waals surface area contributed by atoms with Gasteiger partial charge in [0.05, 0.1) is 5.52 Å². The predicted octanol–water partition coefficient (Wildman–Crippen LogP) is 3.68. The summed E-state index contributed by atoms with van der Waals surface area (Å²) in [6, 6.07) is 5.15. The van der Waals surface area contributed by atoms with Gasteiger partial charge in [-0.05, 0) is 43.5 Å². The maximum absolute atomic E-state index is 13.3. The monoisotopic (exact) mass is 232 g/mol. The summed E-state index contributed by atoms with van der Waals surface area (Å²) >= 11 is 0. The van der Waals surface area contributed by atoms with Gasteiger partial charge in [0.25, 0.3) is 0 Å². The van der Waals surface area contributed by atoms with Gasteiger partial charge < -0.3 is 5.32 Å². The van der Waals surface area contributed by atoms with E-state index in [-0.39, 0.29) is 5.82 Å². The summed E-state index contributed by atoms with van der Waals surface area (Å²) in [5.74, 6) is 0.640. The molecule has 2 rings (SSSR count). The van der Waals surface area contributed by atoms with E-state index in [9.17, 15) is 4.39 Å². The second-order valence-electron chi connectivity index (χ2n) is 4.17. The topological polar surface area (TPSA) is 24.9 Å². The number of nitrogens with zero attached hydrogens (tertiary/aromatic N) is 1. The molecule has 1 heterocycles. The van der Waals surface area contributed by atoms with Gasteiger partial charge in [0.1, 0.15) is 11.6 Å². The molecule has 0 saturated heterocycles. The largest absolute Gasteiger partial charge is 0.370 e. The Labute approximate surface area is 101 Å². The Morgan fingerprint density at radius 1 is 1.24 bits per heavy atom. The van der Waals surface area contributed by atoms with E-state index in [0.29, 0.717) is 0 Å². The van der Waals surface area contributed by atoms with Crippen LogP contribution < -0.4 is 5.32 Å². The molecule has 0 amide bonds. The van der Waals surface area contributed by atoms with Gasteiger partial charge in [0.15, 0.2) is 0 Å². The molecule has 0 aliphatic carbocycles. The fourth-order valence-electron chi connectivity index (χ4n) is 2.04. The summed E-state index contributed by atoms with van der Waals surface area (Å²) < 4.78 is 13.3. The van der Waals surface area contributed by atoms with Crippen molar-refractivity contribution in [3.63, 3.8) is 0 Å². The molecule has 0 unspecified atom stereocenters. The van der Waals surface area contributed by atoms with E-state index >= 15 is 0 Å². The minimum Gasteiger partial charge on any atom is -0.370 e. The highest BCUT2D eigenvalue weighted by atomic mass is 19.1. The zero-order chi connectivity index (χ0) is 12.4. The summed E-state index contributed by atoms with van der Waals surface area (Å²) in [7, 11) is 0. The van der Waals surface area contributed by atoms with Crippen molar-refractivity contribution in [3.05, 3.63) is 35.1 Å². The highest BCUT2D eigenvalue weighted by Gasteiger charge is 2.07. The number of nitrogens with one attached hydrogen (secondary N) is 1. The van der Waals surface area contributed by atoms with Crippen LogP contribution in [-0.4, -0.2) is 11.5 Å². The van der Waals surface area contributed by atoms with Gasteiger partial charge in [-0.15, -0.1) is 0 Å². The second kappa shape index (κ2) is 4.70. The van der Waals surface area contributed by atoms with Crippen LogP contribution in [0.3, 0.4) is 0 Å². The minimum absolute atomic E-state index is 0.228. The SMILES string of the molecule is CCNc1nc2cc(F)cc(C)c2cc1CC. The molecule has 0 spiro atoms. The summed E-state index contributed by atoms with van der Waals surface area (Å²) in [6.45, 7) is 6.87. The Morgan fingerprint density at radius 2 is 2.00 bits per heavy atom. The lowest BCUT2D eigenvalue weighted by Gasteiger charge is -2.11. The van der Waals surface area contributed by atoms with Crippen LogP contribution in [-0.2, 0) is 6.42 Å². The lowest BCUT2D eigenvalue weighted by atomic mass is 10.1. The molecule has 0 bridgehead atoms. The third-order valence-corrected chi connectivity index (χ3v) is 2.91. The van der Waals surface area contributed by atoms with Crippen LogP contribution in [0.4, 0.5) is 10.2 Å². The van der Waals surface area contributed by atoms with Gasteiger partial charge in [0, 0.05) is 18.0 Å². The zero-order valence-corrected chi connectivity index (χ0v) is 10.5. The number of aromatic nitrogens is 1. The zero-order valence-electron chi connectivity index (χ0n) is 10.5. The van der Waals surface area contributed by atoms with Crippen molar-refractivity contribution in [2.24, 2.45) is 0 Å². The van der Waals surface area contributed by atoms with E-state index in [4.69, 9.17) is 0 Å². The van der Waals surface area contributed by atoms with Crippen molar-refractivity contribution < 1.29 is 4.39 Å². The fraction of sp³-hybridized carbons (Fsp3) is 0.357. The van der Waals surface area contributed by atoms with Crippen molar-refractivity contribution in [1.82, 2.24) is 4.98 Å². The smallest absolute Gasteiger partial charge is 0.129 e. The lowest BCUT2D eigenvalue weighted by molar-refractivity contribution is 0.628. The first-order chi connectivity index (χ1) is 8.15. The van der Waals surface area contributed by atoms with E-state index in [0.717, 1.165) is 35.2 Å². The summed E-state index contributed by atoms with van der Waals surface area (Å²) in [5, 5.41) is 4.26. The quantitative estimate of drug-likeness (QED) is 0.873. The molecular formula is C14H17FN2. The molecule has 0 atom stereocenters. The van der Waals surface area contributed by atoms with E-state index in [1.807, 2.05) is 13.8 Å². The van der Waals surface area contributed by atoms with Crippen LogP contribution in [0, 0.1) is 12.7 Å². The van der Waals surface area contributed by atoms with Crippen LogP contribution in [0.5, 0.6) is 0 Å². The van der Waals surface area contributed by atoms with Gasteiger partial charge in [0.2, 0.25) is 0 Å². The third kappa shape index (κ3) is 2.23. The normalized spacial score (nSPS) is 10.8. The van der Waals surface area contributed by atoms with Gasteiger partial charge >= 0.3 is 0 Å². The molecule has 90 valence electrons. The molecule has 0 saturated carbocycles. The third-order valence-electron chi connectivity index (χ3n) is 2.91. The number of fused-ring (bicyclic) bond motifs is 1. The van der Waals surface area contributed by atoms with Gasteiger partial charge in [-0.2, -0.15) is 0 Å². The number of halogens is 1. The van der Waals surface area contributed by atoms with Crippen molar-refractivity contribution in [2.75, 3.05) is 11.9 Å². The Hall–Kier alpha value is -1.64. The number of rotatable bonds is 3. The number of aryl methyl sites for hydroxylation is 2. The first kappa shape index (κ1) is 11.8. The number of hydrogen-bond donors (Lipinski definition) is 1. The average molecular weight is 232 g/mol. The molecule has 2 nitrogen and oxygen atoms in total. The summed E-state index contributed by atoms with van der Waals surface area (Å²) in [6.07, 6.45) is 0.919. The molecule has 1 aromatic carbocycles. The first-order valence-electron chi connectivity index (χ1n) is 5.99. The van der Waals surface area contributed by atoms with Gasteiger partial charge in [-0.25, -0.2) is 9.37 Å². The Balaban J connectivity index is 2.69. The highest BCUT2D eigenvalue weighted by molar-refractivity contribution is 5.84. The molecule has 1 N–H and O–H groups in total. The van der Waals surface area contributed by atoms with E-state index in [2.05, 4.69) is 23.3 Å². The number of anilines is 1. The number of benzene rings is 1. The lowest BCUT2D eigenvalue weighted by Crippen LogP contribution is -2.03. The van der Waals surface area contributed by atoms with E-state index in [1.165, 1.54) is 11.6 Å². The standard InChI is InChI=1S/C14H17FN2/c1-4-10-7-12-9(3)6-11(15)8-13(12)17-14(10)16-5-2/h6-8H,4-5H2,1-3H3,(H,16,17). The number of hydrogen-bond acceptors (Lipinski definition) is 2. The van der Waals surface area contributed by atoms with Crippen molar-refractivity contribution in [2.45, 2.75) is 27.2 Å². The second-order valence-corrected chi connectivity index (χ2v) is 4.17. The van der Waals surface area contributed by atoms with Crippen LogP contribution in [0.1, 0.15) is 25.0 Å². The van der Waals surface area contributed by atoms with Gasteiger partial charge in [-0.1, -0.05) is 6.92 Å². The first-order valence-corrected chi connectivity index (χ1v) is 5.99. The Kier molecular flexibility index (Phi) is 3.27. The van der Waals surface area contributed by atoms with Gasteiger partial charge in [-0.3, -0.25) is 0 Å². The summed E-state index contributed by atoms with van der Waals surface area (Å²) in [4.78, 5) is 4.51. The fourth-order valence-corrected chi connectivity index (χ4v) is 2.04. The minimum atomic E-state index is -0.228. The Morgan fingerprint density at radius 3 is 2.65 bits per heavy atom. The Bertz CT molecular complexity index is 549. The van der Waals surface area contributed by atoms with Crippen molar-refractivity contribution >= 4 is 16.7 Å². The molecule has 3 heteroatoms. The predicted molar refractivity (Wildman–Crippen MR) is 70.0 cm³/mol. The maximum atomic E-state index is 13.3.